The predicted octanol–water partition coefficient (Wildman–Crippen LogP) is 4.53. The summed E-state index contributed by atoms with van der Waals surface area (Å²) in [5.74, 6) is -2.11. The Bertz CT molecular complexity index is 688. The van der Waals surface area contributed by atoms with E-state index in [1.165, 1.54) is 6.07 Å². The van der Waals surface area contributed by atoms with Gasteiger partial charge in [-0.25, -0.2) is 8.78 Å². The van der Waals surface area contributed by atoms with Crippen LogP contribution in [0, 0.1) is 18.6 Å². The van der Waals surface area contributed by atoms with Crippen LogP contribution in [0.2, 0.25) is 0 Å². The number of carbonyl (C=O) groups is 1. The molecule has 0 radical (unpaired) electrons. The Morgan fingerprint density at radius 2 is 1.86 bits per heavy atom. The first-order chi connectivity index (χ1) is 9.88. The molecule has 0 fully saturated rings. The molecule has 0 heterocycles. The van der Waals surface area contributed by atoms with E-state index >= 15 is 0 Å². The maximum Gasteiger partial charge on any atom is 0.252 e. The molecule has 1 N–H and O–H groups in total. The molecule has 0 saturated heterocycles. The van der Waals surface area contributed by atoms with Gasteiger partial charge in [0, 0.05) is 4.47 Å². The van der Waals surface area contributed by atoms with E-state index in [1.54, 1.807) is 13.0 Å². The number of hydrogen-bond acceptors (Lipinski definition) is 1. The van der Waals surface area contributed by atoms with Gasteiger partial charge in [0.1, 0.15) is 0 Å². The first-order valence-corrected chi connectivity index (χ1v) is 7.19. The van der Waals surface area contributed by atoms with Crippen molar-refractivity contribution in [3.05, 3.63) is 69.2 Å². The lowest BCUT2D eigenvalue weighted by molar-refractivity contribution is 0.0939. The lowest BCUT2D eigenvalue weighted by Crippen LogP contribution is -2.27. The molecule has 1 amide bonds. The van der Waals surface area contributed by atoms with E-state index in [9.17, 15) is 13.6 Å². The molecular weight excluding hydrogens is 340 g/mol. The Balaban J connectivity index is 2.16. The Labute approximate surface area is 130 Å². The molecule has 2 aromatic rings. The molecule has 110 valence electrons. The smallest absolute Gasteiger partial charge is 0.252 e. The lowest BCUT2D eigenvalue weighted by atomic mass is 10.1. The molecule has 0 aliphatic carbocycles. The number of carbonyl (C=O) groups excluding carboxylic acids is 1. The molecule has 0 aliphatic rings. The Morgan fingerprint density at radius 1 is 1.14 bits per heavy atom. The van der Waals surface area contributed by atoms with Crippen LogP contribution in [0.5, 0.6) is 0 Å². The van der Waals surface area contributed by atoms with Crippen LogP contribution in [0.1, 0.15) is 34.5 Å². The van der Waals surface area contributed by atoms with E-state index in [1.807, 2.05) is 19.1 Å². The van der Waals surface area contributed by atoms with Gasteiger partial charge in [-0.05, 0) is 65.2 Å². The predicted molar refractivity (Wildman–Crippen MR) is 81.1 cm³/mol. The van der Waals surface area contributed by atoms with Crippen molar-refractivity contribution in [2.24, 2.45) is 0 Å². The average molecular weight is 354 g/mol. The van der Waals surface area contributed by atoms with Gasteiger partial charge >= 0.3 is 0 Å². The molecular formula is C16H14BrF2NO. The molecule has 0 aromatic heterocycles. The minimum Gasteiger partial charge on any atom is -0.345 e. The first-order valence-electron chi connectivity index (χ1n) is 6.40. The monoisotopic (exact) mass is 353 g/mol. The third-order valence-electron chi connectivity index (χ3n) is 3.16. The maximum absolute atomic E-state index is 13.2. The van der Waals surface area contributed by atoms with Gasteiger partial charge in [-0.1, -0.05) is 12.1 Å². The molecule has 5 heteroatoms. The highest BCUT2D eigenvalue weighted by atomic mass is 79.9. The fourth-order valence-electron chi connectivity index (χ4n) is 1.94. The zero-order chi connectivity index (χ0) is 15.6. The second kappa shape index (κ2) is 6.35. The van der Waals surface area contributed by atoms with Crippen molar-refractivity contribution in [2.75, 3.05) is 0 Å². The van der Waals surface area contributed by atoms with Crippen molar-refractivity contribution in [1.82, 2.24) is 5.32 Å². The molecule has 1 atom stereocenters. The minimum absolute atomic E-state index is 0.279. The summed E-state index contributed by atoms with van der Waals surface area (Å²) in [5.41, 5.74) is 2.03. The highest BCUT2D eigenvalue weighted by Gasteiger charge is 2.15. The van der Waals surface area contributed by atoms with E-state index in [2.05, 4.69) is 21.2 Å². The summed E-state index contributed by atoms with van der Waals surface area (Å²) in [6.07, 6.45) is 0. The van der Waals surface area contributed by atoms with Crippen LogP contribution in [-0.2, 0) is 0 Å². The minimum atomic E-state index is -0.926. The normalized spacial score (nSPS) is 12.0. The summed E-state index contributed by atoms with van der Waals surface area (Å²) in [4.78, 5) is 12.2. The summed E-state index contributed by atoms with van der Waals surface area (Å²) in [6.45, 7) is 3.64. The third kappa shape index (κ3) is 3.67. The largest absolute Gasteiger partial charge is 0.345 e. The van der Waals surface area contributed by atoms with Crippen LogP contribution < -0.4 is 5.32 Å². The number of halogens is 3. The van der Waals surface area contributed by atoms with E-state index in [-0.39, 0.29) is 5.91 Å². The van der Waals surface area contributed by atoms with Crippen molar-refractivity contribution in [3.63, 3.8) is 0 Å². The fraction of sp³-hybridized carbons (Fsp3) is 0.188. The van der Waals surface area contributed by atoms with Gasteiger partial charge in [0.25, 0.3) is 5.91 Å². The van der Waals surface area contributed by atoms with E-state index in [4.69, 9.17) is 0 Å². The number of amides is 1. The zero-order valence-corrected chi connectivity index (χ0v) is 13.2. The van der Waals surface area contributed by atoms with Crippen LogP contribution in [-0.4, -0.2) is 5.91 Å². The molecule has 2 nitrogen and oxygen atoms in total. The lowest BCUT2D eigenvalue weighted by Gasteiger charge is -2.15. The summed E-state index contributed by atoms with van der Waals surface area (Å²) < 4.78 is 26.8. The van der Waals surface area contributed by atoms with Crippen molar-refractivity contribution in [2.45, 2.75) is 19.9 Å². The Hall–Kier alpha value is -1.75. The maximum atomic E-state index is 13.2. The van der Waals surface area contributed by atoms with Crippen LogP contribution >= 0.6 is 15.9 Å². The fourth-order valence-corrected chi connectivity index (χ4v) is 2.62. The second-order valence-corrected chi connectivity index (χ2v) is 5.71. The summed E-state index contributed by atoms with van der Waals surface area (Å²) >= 11 is 3.34. The molecule has 1 unspecified atom stereocenters. The van der Waals surface area contributed by atoms with Crippen LogP contribution in [0.25, 0.3) is 0 Å². The molecule has 0 saturated carbocycles. The zero-order valence-electron chi connectivity index (χ0n) is 11.6. The molecule has 0 aliphatic heterocycles. The SMILES string of the molecule is Cc1ccc(C(=O)NC(C)c2ccc(F)c(F)c2)c(Br)c1. The van der Waals surface area contributed by atoms with Gasteiger partial charge in [-0.3, -0.25) is 4.79 Å². The quantitative estimate of drug-likeness (QED) is 0.862. The van der Waals surface area contributed by atoms with E-state index < -0.39 is 17.7 Å². The summed E-state index contributed by atoms with van der Waals surface area (Å²) in [5, 5.41) is 2.76. The standard InChI is InChI=1S/C16H14BrF2NO/c1-9-3-5-12(13(17)7-9)16(21)20-10(2)11-4-6-14(18)15(19)8-11/h3-8,10H,1-2H3,(H,20,21). The Kier molecular flexibility index (Phi) is 4.73. The Morgan fingerprint density at radius 3 is 2.48 bits per heavy atom. The van der Waals surface area contributed by atoms with Gasteiger partial charge in [0.2, 0.25) is 0 Å². The number of rotatable bonds is 3. The molecule has 0 bridgehead atoms. The van der Waals surface area contributed by atoms with Crippen molar-refractivity contribution in [1.29, 1.82) is 0 Å². The highest BCUT2D eigenvalue weighted by Crippen LogP contribution is 2.21. The topological polar surface area (TPSA) is 29.1 Å². The van der Waals surface area contributed by atoms with Gasteiger partial charge < -0.3 is 5.32 Å². The molecule has 21 heavy (non-hydrogen) atoms. The van der Waals surface area contributed by atoms with Gasteiger partial charge in [-0.2, -0.15) is 0 Å². The summed E-state index contributed by atoms with van der Waals surface area (Å²) in [6, 6.07) is 8.56. The molecule has 2 aromatic carbocycles. The molecule has 0 spiro atoms. The number of nitrogens with one attached hydrogen (secondary N) is 1. The van der Waals surface area contributed by atoms with Crippen LogP contribution in [0.3, 0.4) is 0 Å². The van der Waals surface area contributed by atoms with Gasteiger partial charge in [0.15, 0.2) is 11.6 Å². The van der Waals surface area contributed by atoms with Crippen molar-refractivity contribution < 1.29 is 13.6 Å². The van der Waals surface area contributed by atoms with Crippen LogP contribution in [0.15, 0.2) is 40.9 Å². The second-order valence-electron chi connectivity index (χ2n) is 4.85. The highest BCUT2D eigenvalue weighted by molar-refractivity contribution is 9.10. The number of benzene rings is 2. The van der Waals surface area contributed by atoms with E-state index in [0.29, 0.717) is 15.6 Å². The van der Waals surface area contributed by atoms with Crippen LogP contribution in [0.4, 0.5) is 8.78 Å². The molecule has 2 rings (SSSR count). The first kappa shape index (κ1) is 15.6. The van der Waals surface area contributed by atoms with Gasteiger partial charge in [-0.15, -0.1) is 0 Å². The van der Waals surface area contributed by atoms with Gasteiger partial charge in [0.05, 0.1) is 11.6 Å². The number of hydrogen-bond donors (Lipinski definition) is 1. The number of aryl methyl sites for hydroxylation is 1. The average Bonchev–Trinajstić information content (AvgIpc) is 2.41. The van der Waals surface area contributed by atoms with Crippen molar-refractivity contribution in [3.8, 4) is 0 Å². The third-order valence-corrected chi connectivity index (χ3v) is 3.82. The van der Waals surface area contributed by atoms with E-state index in [0.717, 1.165) is 17.7 Å². The summed E-state index contributed by atoms with van der Waals surface area (Å²) in [7, 11) is 0. The van der Waals surface area contributed by atoms with Crippen molar-refractivity contribution >= 4 is 21.8 Å².